The summed E-state index contributed by atoms with van der Waals surface area (Å²) < 4.78 is 6.50. The fourth-order valence-electron chi connectivity index (χ4n) is 1.44. The van der Waals surface area contributed by atoms with Crippen LogP contribution >= 0.6 is 0 Å². The van der Waals surface area contributed by atoms with E-state index in [-0.39, 0.29) is 11.7 Å². The van der Waals surface area contributed by atoms with Gasteiger partial charge in [-0.2, -0.15) is 4.98 Å². The van der Waals surface area contributed by atoms with Crippen molar-refractivity contribution in [2.45, 2.75) is 20.4 Å². The number of ketones is 1. The zero-order valence-corrected chi connectivity index (χ0v) is 9.25. The van der Waals surface area contributed by atoms with Crippen LogP contribution in [0.1, 0.15) is 30.0 Å². The standard InChI is InChI=1S/C11H13N3O2/c1-8(2)11(15)9-3-4-14(5-9)6-10-12-7-16-13-10/h3-5,7-8H,6H2,1-2H3. The Balaban J connectivity index is 2.11. The second-order valence-corrected chi connectivity index (χ2v) is 3.94. The number of carbonyl (C=O) groups is 1. The van der Waals surface area contributed by atoms with Crippen molar-refractivity contribution in [2.24, 2.45) is 5.92 Å². The van der Waals surface area contributed by atoms with E-state index in [0.29, 0.717) is 12.4 Å². The van der Waals surface area contributed by atoms with Crippen LogP contribution in [0.4, 0.5) is 0 Å². The summed E-state index contributed by atoms with van der Waals surface area (Å²) in [6, 6.07) is 1.81. The molecule has 2 heterocycles. The molecule has 0 aliphatic heterocycles. The van der Waals surface area contributed by atoms with Gasteiger partial charge in [0.1, 0.15) is 0 Å². The van der Waals surface area contributed by atoms with E-state index in [1.807, 2.05) is 30.7 Å². The highest BCUT2D eigenvalue weighted by atomic mass is 16.5. The number of aromatic nitrogens is 3. The number of rotatable bonds is 4. The van der Waals surface area contributed by atoms with Crippen LogP contribution in [0.2, 0.25) is 0 Å². The van der Waals surface area contributed by atoms with Gasteiger partial charge in [-0.1, -0.05) is 19.0 Å². The molecule has 2 aromatic rings. The Morgan fingerprint density at radius 2 is 2.38 bits per heavy atom. The van der Waals surface area contributed by atoms with E-state index in [4.69, 9.17) is 0 Å². The lowest BCUT2D eigenvalue weighted by atomic mass is 10.0. The highest BCUT2D eigenvalue weighted by Gasteiger charge is 2.11. The summed E-state index contributed by atoms with van der Waals surface area (Å²) in [6.45, 7) is 4.29. The molecule has 0 aliphatic carbocycles. The maximum Gasteiger partial charge on any atom is 0.213 e. The van der Waals surface area contributed by atoms with Crippen LogP contribution in [0, 0.1) is 5.92 Å². The predicted octanol–water partition coefficient (Wildman–Crippen LogP) is 1.76. The van der Waals surface area contributed by atoms with Gasteiger partial charge in [0.2, 0.25) is 6.39 Å². The number of nitrogens with zero attached hydrogens (tertiary/aromatic N) is 3. The monoisotopic (exact) mass is 219 g/mol. The van der Waals surface area contributed by atoms with Gasteiger partial charge < -0.3 is 9.09 Å². The summed E-state index contributed by atoms with van der Waals surface area (Å²) in [7, 11) is 0. The smallest absolute Gasteiger partial charge is 0.213 e. The Hall–Kier alpha value is -1.91. The molecule has 84 valence electrons. The molecule has 0 fully saturated rings. The minimum atomic E-state index is 0.0148. The fraction of sp³-hybridized carbons (Fsp3) is 0.364. The summed E-state index contributed by atoms with van der Waals surface area (Å²) in [5.41, 5.74) is 0.721. The molecule has 2 aromatic heterocycles. The number of hydrogen-bond donors (Lipinski definition) is 0. The topological polar surface area (TPSA) is 60.9 Å². The number of hydrogen-bond acceptors (Lipinski definition) is 4. The van der Waals surface area contributed by atoms with Gasteiger partial charge in [0.25, 0.3) is 0 Å². The van der Waals surface area contributed by atoms with Crippen LogP contribution in [0.5, 0.6) is 0 Å². The lowest BCUT2D eigenvalue weighted by Crippen LogP contribution is -2.06. The average Bonchev–Trinajstić information content (AvgIpc) is 2.88. The highest BCUT2D eigenvalue weighted by Crippen LogP contribution is 2.09. The lowest BCUT2D eigenvalue weighted by molar-refractivity contribution is 0.0939. The van der Waals surface area contributed by atoms with Crippen molar-refractivity contribution >= 4 is 5.78 Å². The molecule has 0 spiro atoms. The molecule has 0 N–H and O–H groups in total. The summed E-state index contributed by atoms with van der Waals surface area (Å²) in [6.07, 6.45) is 4.93. The predicted molar refractivity (Wildman–Crippen MR) is 57.0 cm³/mol. The van der Waals surface area contributed by atoms with Crippen molar-refractivity contribution in [1.82, 2.24) is 14.7 Å². The highest BCUT2D eigenvalue weighted by molar-refractivity contribution is 5.97. The van der Waals surface area contributed by atoms with Crippen molar-refractivity contribution < 1.29 is 9.32 Å². The van der Waals surface area contributed by atoms with Crippen LogP contribution in [-0.4, -0.2) is 20.5 Å². The first-order valence-electron chi connectivity index (χ1n) is 5.12. The number of carbonyl (C=O) groups excluding carboxylic acids is 1. The molecule has 16 heavy (non-hydrogen) atoms. The molecule has 0 atom stereocenters. The van der Waals surface area contributed by atoms with Crippen molar-refractivity contribution in [2.75, 3.05) is 0 Å². The van der Waals surface area contributed by atoms with E-state index in [0.717, 1.165) is 5.56 Å². The van der Waals surface area contributed by atoms with E-state index in [1.165, 1.54) is 6.39 Å². The summed E-state index contributed by atoms with van der Waals surface area (Å²) >= 11 is 0. The number of Topliss-reactive ketones (excluding diaryl/α,β-unsaturated/α-hetero) is 1. The fourth-order valence-corrected chi connectivity index (χ4v) is 1.44. The molecular weight excluding hydrogens is 206 g/mol. The van der Waals surface area contributed by atoms with Crippen molar-refractivity contribution in [3.63, 3.8) is 0 Å². The van der Waals surface area contributed by atoms with Gasteiger partial charge >= 0.3 is 0 Å². The molecular formula is C11H13N3O2. The Labute approximate surface area is 93.1 Å². The van der Waals surface area contributed by atoms with Crippen LogP contribution < -0.4 is 0 Å². The van der Waals surface area contributed by atoms with E-state index >= 15 is 0 Å². The zero-order valence-electron chi connectivity index (χ0n) is 9.25. The van der Waals surface area contributed by atoms with E-state index in [2.05, 4.69) is 14.7 Å². The van der Waals surface area contributed by atoms with E-state index < -0.39 is 0 Å². The Bertz CT molecular complexity index is 471. The second-order valence-electron chi connectivity index (χ2n) is 3.94. The van der Waals surface area contributed by atoms with Crippen LogP contribution in [0.3, 0.4) is 0 Å². The van der Waals surface area contributed by atoms with Crippen molar-refractivity contribution in [1.29, 1.82) is 0 Å². The molecule has 5 heteroatoms. The van der Waals surface area contributed by atoms with Crippen LogP contribution in [0.25, 0.3) is 0 Å². The maximum absolute atomic E-state index is 11.7. The molecule has 0 bridgehead atoms. The minimum absolute atomic E-state index is 0.0148. The van der Waals surface area contributed by atoms with Gasteiger partial charge in [0.05, 0.1) is 6.54 Å². The molecule has 2 rings (SSSR count). The SMILES string of the molecule is CC(C)C(=O)c1ccn(Cc2ncon2)c1. The van der Waals surface area contributed by atoms with Gasteiger partial charge in [-0.3, -0.25) is 4.79 Å². The molecule has 0 unspecified atom stereocenters. The first kappa shape index (κ1) is 10.6. The second kappa shape index (κ2) is 4.30. The van der Waals surface area contributed by atoms with Crippen molar-refractivity contribution in [3.05, 3.63) is 36.2 Å². The summed E-state index contributed by atoms with van der Waals surface area (Å²) in [4.78, 5) is 15.6. The summed E-state index contributed by atoms with van der Waals surface area (Å²) in [5.74, 6) is 0.757. The molecule has 5 nitrogen and oxygen atoms in total. The normalized spacial score (nSPS) is 10.9. The first-order valence-corrected chi connectivity index (χ1v) is 5.12. The first-order chi connectivity index (χ1) is 7.66. The Kier molecular flexibility index (Phi) is 2.85. The molecule has 0 aliphatic rings. The van der Waals surface area contributed by atoms with Crippen molar-refractivity contribution in [3.8, 4) is 0 Å². The van der Waals surface area contributed by atoms with E-state index in [1.54, 1.807) is 6.20 Å². The third-order valence-electron chi connectivity index (χ3n) is 2.29. The third kappa shape index (κ3) is 2.18. The van der Waals surface area contributed by atoms with Gasteiger partial charge in [0, 0.05) is 23.9 Å². The lowest BCUT2D eigenvalue weighted by Gasteiger charge is -2.00. The molecule has 0 saturated heterocycles. The Morgan fingerprint density at radius 3 is 3.00 bits per heavy atom. The van der Waals surface area contributed by atoms with Gasteiger partial charge in [-0.25, -0.2) is 0 Å². The van der Waals surface area contributed by atoms with E-state index in [9.17, 15) is 4.79 Å². The van der Waals surface area contributed by atoms with Gasteiger partial charge in [-0.05, 0) is 6.07 Å². The van der Waals surface area contributed by atoms with Crippen LogP contribution in [0.15, 0.2) is 29.4 Å². The largest absolute Gasteiger partial charge is 0.346 e. The minimum Gasteiger partial charge on any atom is -0.346 e. The maximum atomic E-state index is 11.7. The Morgan fingerprint density at radius 1 is 1.56 bits per heavy atom. The summed E-state index contributed by atoms with van der Waals surface area (Å²) in [5, 5.41) is 3.71. The van der Waals surface area contributed by atoms with Gasteiger partial charge in [0.15, 0.2) is 11.6 Å². The van der Waals surface area contributed by atoms with Gasteiger partial charge in [-0.15, -0.1) is 0 Å². The molecule has 0 aromatic carbocycles. The zero-order chi connectivity index (χ0) is 11.5. The third-order valence-corrected chi connectivity index (χ3v) is 2.29. The molecule has 0 amide bonds. The average molecular weight is 219 g/mol. The quantitative estimate of drug-likeness (QED) is 0.735. The molecule has 0 radical (unpaired) electrons. The molecule has 0 saturated carbocycles. The van der Waals surface area contributed by atoms with Crippen LogP contribution in [-0.2, 0) is 6.54 Å².